The zero-order valence-electron chi connectivity index (χ0n) is 14.6. The molecular formula is C21H28. The standard InChI is InChI=1S/C21H28/c1-14-12-15(2)17(4)20(16(14)3)13-18-8-10-19(11-9-18)21(5,6)7/h8-12H,13H2,1-7H3. The smallest absolute Gasteiger partial charge is 0.00203 e. The maximum Gasteiger partial charge on any atom is -0.00203 e. The third kappa shape index (κ3) is 3.37. The van der Waals surface area contributed by atoms with Crippen molar-refractivity contribution in [2.45, 2.75) is 60.3 Å². The fraction of sp³-hybridized carbons (Fsp3) is 0.429. The first-order valence-electron chi connectivity index (χ1n) is 7.86. The van der Waals surface area contributed by atoms with Crippen molar-refractivity contribution in [1.82, 2.24) is 0 Å². The van der Waals surface area contributed by atoms with E-state index in [-0.39, 0.29) is 5.41 Å². The van der Waals surface area contributed by atoms with Crippen molar-refractivity contribution in [3.8, 4) is 0 Å². The highest BCUT2D eigenvalue weighted by atomic mass is 14.2. The van der Waals surface area contributed by atoms with Crippen LogP contribution >= 0.6 is 0 Å². The van der Waals surface area contributed by atoms with Crippen LogP contribution in [0.25, 0.3) is 0 Å². The van der Waals surface area contributed by atoms with E-state index < -0.39 is 0 Å². The lowest BCUT2D eigenvalue weighted by molar-refractivity contribution is 0.590. The van der Waals surface area contributed by atoms with Gasteiger partial charge in [0.1, 0.15) is 0 Å². The SMILES string of the molecule is Cc1cc(C)c(C)c(Cc2ccc(C(C)(C)C)cc2)c1C. The number of hydrogen-bond donors (Lipinski definition) is 0. The Labute approximate surface area is 130 Å². The predicted molar refractivity (Wildman–Crippen MR) is 93.3 cm³/mol. The molecular weight excluding hydrogens is 252 g/mol. The molecule has 0 aliphatic heterocycles. The monoisotopic (exact) mass is 280 g/mol. The fourth-order valence-corrected chi connectivity index (χ4v) is 2.89. The summed E-state index contributed by atoms with van der Waals surface area (Å²) in [5.41, 5.74) is 10.2. The number of hydrogen-bond acceptors (Lipinski definition) is 0. The fourth-order valence-electron chi connectivity index (χ4n) is 2.89. The first kappa shape index (κ1) is 15.8. The molecule has 0 amide bonds. The van der Waals surface area contributed by atoms with Crippen LogP contribution in [0.5, 0.6) is 0 Å². The summed E-state index contributed by atoms with van der Waals surface area (Å²) in [5, 5.41) is 0. The van der Waals surface area contributed by atoms with Gasteiger partial charge in [-0.3, -0.25) is 0 Å². The predicted octanol–water partition coefficient (Wildman–Crippen LogP) is 5.81. The van der Waals surface area contributed by atoms with Crippen LogP contribution in [0.3, 0.4) is 0 Å². The van der Waals surface area contributed by atoms with Crippen molar-refractivity contribution >= 4 is 0 Å². The molecule has 0 spiro atoms. The first-order chi connectivity index (χ1) is 9.70. The molecule has 0 aromatic heterocycles. The minimum Gasteiger partial charge on any atom is -0.0584 e. The van der Waals surface area contributed by atoms with Crippen LogP contribution in [0.15, 0.2) is 30.3 Å². The van der Waals surface area contributed by atoms with Gasteiger partial charge in [0.05, 0.1) is 0 Å². The van der Waals surface area contributed by atoms with E-state index in [1.807, 2.05) is 0 Å². The van der Waals surface area contributed by atoms with Crippen molar-refractivity contribution in [2.75, 3.05) is 0 Å². The maximum absolute atomic E-state index is 2.30. The van der Waals surface area contributed by atoms with E-state index >= 15 is 0 Å². The molecule has 0 atom stereocenters. The first-order valence-corrected chi connectivity index (χ1v) is 7.86. The van der Waals surface area contributed by atoms with Crippen LogP contribution in [-0.2, 0) is 11.8 Å². The van der Waals surface area contributed by atoms with Gasteiger partial charge in [-0.05, 0) is 78.5 Å². The summed E-state index contributed by atoms with van der Waals surface area (Å²) in [7, 11) is 0. The summed E-state index contributed by atoms with van der Waals surface area (Å²) in [6.45, 7) is 15.7. The molecule has 112 valence electrons. The molecule has 21 heavy (non-hydrogen) atoms. The van der Waals surface area contributed by atoms with Crippen molar-refractivity contribution in [2.24, 2.45) is 0 Å². The van der Waals surface area contributed by atoms with Gasteiger partial charge in [-0.1, -0.05) is 51.1 Å². The summed E-state index contributed by atoms with van der Waals surface area (Å²) in [6, 6.07) is 11.4. The maximum atomic E-state index is 2.30. The molecule has 0 aliphatic carbocycles. The lowest BCUT2D eigenvalue weighted by Crippen LogP contribution is -2.10. The van der Waals surface area contributed by atoms with Crippen molar-refractivity contribution in [3.63, 3.8) is 0 Å². The Kier molecular flexibility index (Phi) is 4.27. The molecule has 0 unspecified atom stereocenters. The highest BCUT2D eigenvalue weighted by Gasteiger charge is 2.14. The normalized spacial score (nSPS) is 11.8. The zero-order valence-corrected chi connectivity index (χ0v) is 14.6. The molecule has 2 aromatic carbocycles. The zero-order chi connectivity index (χ0) is 15.8. The molecule has 0 nitrogen and oxygen atoms in total. The molecule has 0 aliphatic rings. The van der Waals surface area contributed by atoms with Gasteiger partial charge in [-0.2, -0.15) is 0 Å². The molecule has 0 saturated heterocycles. The summed E-state index contributed by atoms with van der Waals surface area (Å²) in [4.78, 5) is 0. The average molecular weight is 280 g/mol. The molecule has 2 rings (SSSR count). The van der Waals surface area contributed by atoms with Crippen LogP contribution < -0.4 is 0 Å². The second kappa shape index (κ2) is 5.67. The van der Waals surface area contributed by atoms with Crippen molar-refractivity contribution in [3.05, 3.63) is 69.3 Å². The Balaban J connectivity index is 2.35. The van der Waals surface area contributed by atoms with Crippen LogP contribution in [0.2, 0.25) is 0 Å². The molecule has 0 heterocycles. The largest absolute Gasteiger partial charge is 0.0584 e. The van der Waals surface area contributed by atoms with E-state index in [0.717, 1.165) is 6.42 Å². The molecule has 2 aromatic rings. The third-order valence-corrected chi connectivity index (χ3v) is 4.72. The molecule has 0 heteroatoms. The van der Waals surface area contributed by atoms with Gasteiger partial charge in [0.15, 0.2) is 0 Å². The summed E-state index contributed by atoms with van der Waals surface area (Å²) in [6.07, 6.45) is 1.03. The van der Waals surface area contributed by atoms with Crippen molar-refractivity contribution in [1.29, 1.82) is 0 Å². The van der Waals surface area contributed by atoms with Gasteiger partial charge >= 0.3 is 0 Å². The van der Waals surface area contributed by atoms with E-state index in [1.54, 1.807) is 0 Å². The van der Waals surface area contributed by atoms with Gasteiger partial charge in [-0.25, -0.2) is 0 Å². The lowest BCUT2D eigenvalue weighted by Gasteiger charge is -2.20. The number of rotatable bonds is 2. The summed E-state index contributed by atoms with van der Waals surface area (Å²) < 4.78 is 0. The van der Waals surface area contributed by atoms with E-state index in [9.17, 15) is 0 Å². The Morgan fingerprint density at radius 2 is 1.24 bits per heavy atom. The number of benzene rings is 2. The molecule has 0 bridgehead atoms. The van der Waals surface area contributed by atoms with Crippen LogP contribution in [-0.4, -0.2) is 0 Å². The van der Waals surface area contributed by atoms with Gasteiger partial charge < -0.3 is 0 Å². The van der Waals surface area contributed by atoms with E-state index in [4.69, 9.17) is 0 Å². The van der Waals surface area contributed by atoms with E-state index in [1.165, 1.54) is 38.9 Å². The lowest BCUT2D eigenvalue weighted by atomic mass is 9.85. The number of aryl methyl sites for hydroxylation is 2. The van der Waals surface area contributed by atoms with Gasteiger partial charge in [0, 0.05) is 0 Å². The van der Waals surface area contributed by atoms with Crippen LogP contribution in [0.4, 0.5) is 0 Å². The Morgan fingerprint density at radius 3 is 1.67 bits per heavy atom. The molecule has 0 saturated carbocycles. The van der Waals surface area contributed by atoms with Gasteiger partial charge in [0.25, 0.3) is 0 Å². The Bertz CT molecular complexity index is 611. The third-order valence-electron chi connectivity index (χ3n) is 4.72. The van der Waals surface area contributed by atoms with Gasteiger partial charge in [-0.15, -0.1) is 0 Å². The highest BCUT2D eigenvalue weighted by Crippen LogP contribution is 2.26. The highest BCUT2D eigenvalue weighted by molar-refractivity contribution is 5.46. The quantitative estimate of drug-likeness (QED) is 0.651. The Hall–Kier alpha value is -1.56. The topological polar surface area (TPSA) is 0 Å². The second-order valence-corrected chi connectivity index (χ2v) is 7.36. The van der Waals surface area contributed by atoms with E-state index in [2.05, 4.69) is 78.8 Å². The molecule has 0 fully saturated rings. The minimum atomic E-state index is 0.226. The van der Waals surface area contributed by atoms with Crippen LogP contribution in [0, 0.1) is 27.7 Å². The minimum absolute atomic E-state index is 0.226. The van der Waals surface area contributed by atoms with Gasteiger partial charge in [0.2, 0.25) is 0 Å². The summed E-state index contributed by atoms with van der Waals surface area (Å²) >= 11 is 0. The second-order valence-electron chi connectivity index (χ2n) is 7.36. The van der Waals surface area contributed by atoms with Crippen LogP contribution in [0.1, 0.15) is 59.7 Å². The van der Waals surface area contributed by atoms with E-state index in [0.29, 0.717) is 0 Å². The Morgan fingerprint density at radius 1 is 0.762 bits per heavy atom. The summed E-state index contributed by atoms with van der Waals surface area (Å²) in [5.74, 6) is 0. The molecule has 0 N–H and O–H groups in total. The van der Waals surface area contributed by atoms with Crippen molar-refractivity contribution < 1.29 is 0 Å². The molecule has 0 radical (unpaired) electrons. The average Bonchev–Trinajstić information content (AvgIpc) is 2.41.